The Bertz CT molecular complexity index is 897. The van der Waals surface area contributed by atoms with Gasteiger partial charge in [0.05, 0.1) is 24.2 Å². The van der Waals surface area contributed by atoms with Crippen molar-refractivity contribution in [1.82, 2.24) is 10.6 Å². The van der Waals surface area contributed by atoms with E-state index in [9.17, 15) is 13.2 Å². The summed E-state index contributed by atoms with van der Waals surface area (Å²) >= 11 is 0. The fourth-order valence-electron chi connectivity index (χ4n) is 1.97. The summed E-state index contributed by atoms with van der Waals surface area (Å²) in [5.74, 6) is -2.99. The maximum absolute atomic E-state index is 11.6. The van der Waals surface area contributed by atoms with Gasteiger partial charge in [-0.05, 0) is 36.2 Å². The van der Waals surface area contributed by atoms with Crippen LogP contribution in [0.5, 0.6) is 0 Å². The van der Waals surface area contributed by atoms with Crippen molar-refractivity contribution in [3.05, 3.63) is 54.0 Å². The Morgan fingerprint density at radius 3 is 2.14 bits per heavy atom. The molecule has 0 unspecified atom stereocenters. The van der Waals surface area contributed by atoms with E-state index >= 15 is 0 Å². The number of hydrogen-bond acceptors (Lipinski definition) is 7. The van der Waals surface area contributed by atoms with Crippen molar-refractivity contribution in [1.29, 1.82) is 0 Å². The van der Waals surface area contributed by atoms with Crippen LogP contribution in [0.1, 0.15) is 11.3 Å². The van der Waals surface area contributed by atoms with Crippen LogP contribution in [-0.2, 0) is 37.4 Å². The van der Waals surface area contributed by atoms with Gasteiger partial charge in [0.25, 0.3) is 0 Å². The molecular weight excluding hydrogens is 406 g/mol. The average molecular weight is 427 g/mol. The summed E-state index contributed by atoms with van der Waals surface area (Å²) < 4.78 is 27.4. The van der Waals surface area contributed by atoms with E-state index in [1.54, 1.807) is 24.5 Å². The molecule has 11 nitrogen and oxygen atoms in total. The first-order valence-corrected chi connectivity index (χ1v) is 9.72. The number of nitrogens with two attached hydrogens (primary N) is 1. The van der Waals surface area contributed by atoms with Crippen molar-refractivity contribution in [2.45, 2.75) is 17.9 Å². The predicted octanol–water partition coefficient (Wildman–Crippen LogP) is -0.469. The molecule has 1 aromatic heterocycles. The Morgan fingerprint density at radius 1 is 1.03 bits per heavy atom. The molecule has 158 valence electrons. The van der Waals surface area contributed by atoms with Gasteiger partial charge in [-0.1, -0.05) is 12.1 Å². The number of sulfonamides is 1. The summed E-state index contributed by atoms with van der Waals surface area (Å²) in [5, 5.41) is 25.6. The third-order valence-corrected chi connectivity index (χ3v) is 4.26. The van der Waals surface area contributed by atoms with Crippen LogP contribution in [-0.4, -0.2) is 49.6 Å². The van der Waals surface area contributed by atoms with Gasteiger partial charge in [-0.25, -0.2) is 23.1 Å². The van der Waals surface area contributed by atoms with Gasteiger partial charge in [0, 0.05) is 6.54 Å². The highest BCUT2D eigenvalue weighted by atomic mass is 32.2. The van der Waals surface area contributed by atoms with Gasteiger partial charge in [0.15, 0.2) is 0 Å². The number of primary sulfonamides is 1. The Hall–Kier alpha value is -3.22. The quantitative estimate of drug-likeness (QED) is 0.347. The molecule has 0 saturated heterocycles. The number of carbonyl (C=O) groups is 3. The molecule has 0 saturated carbocycles. The minimum absolute atomic E-state index is 0.0763. The van der Waals surface area contributed by atoms with Crippen LogP contribution in [0.2, 0.25) is 0 Å². The molecule has 6 N–H and O–H groups in total. The van der Waals surface area contributed by atoms with Crippen molar-refractivity contribution >= 4 is 27.9 Å². The monoisotopic (exact) mass is 427 g/mol. The molecular formula is C17H21N3O8S. The Balaban J connectivity index is 0.000000612. The second-order valence-corrected chi connectivity index (χ2v) is 7.14. The minimum Gasteiger partial charge on any atom is -0.473 e. The topological polar surface area (TPSA) is 189 Å². The van der Waals surface area contributed by atoms with Crippen molar-refractivity contribution in [2.24, 2.45) is 5.14 Å². The molecule has 2 rings (SSSR count). The third kappa shape index (κ3) is 10.0. The highest BCUT2D eigenvalue weighted by Crippen LogP contribution is 2.08. The van der Waals surface area contributed by atoms with Crippen LogP contribution in [0, 0.1) is 0 Å². The summed E-state index contributed by atoms with van der Waals surface area (Å²) in [6, 6.07) is 9.89. The van der Waals surface area contributed by atoms with Gasteiger partial charge in [-0.2, -0.15) is 0 Å². The smallest absolute Gasteiger partial charge is 0.414 e. The molecule has 0 bridgehead atoms. The molecule has 0 aliphatic carbocycles. The number of furan rings is 1. The van der Waals surface area contributed by atoms with Crippen LogP contribution in [0.4, 0.5) is 0 Å². The summed E-state index contributed by atoms with van der Waals surface area (Å²) in [5.41, 5.74) is 0.918. The summed E-state index contributed by atoms with van der Waals surface area (Å²) in [4.78, 5) is 29.9. The zero-order valence-electron chi connectivity index (χ0n) is 15.2. The highest BCUT2D eigenvalue weighted by molar-refractivity contribution is 7.89. The molecule has 1 aromatic carbocycles. The van der Waals surface area contributed by atoms with Gasteiger partial charge in [-0.3, -0.25) is 4.79 Å². The second-order valence-electron chi connectivity index (χ2n) is 5.58. The molecule has 12 heteroatoms. The van der Waals surface area contributed by atoms with Crippen molar-refractivity contribution < 1.29 is 37.4 Å². The van der Waals surface area contributed by atoms with E-state index in [-0.39, 0.29) is 17.3 Å². The fraction of sp³-hybridized carbons (Fsp3) is 0.235. The molecule has 0 radical (unpaired) electrons. The Labute approximate surface area is 166 Å². The zero-order valence-corrected chi connectivity index (χ0v) is 16.0. The molecule has 1 amide bonds. The minimum atomic E-state index is -3.67. The van der Waals surface area contributed by atoms with Gasteiger partial charge in [-0.15, -0.1) is 0 Å². The van der Waals surface area contributed by atoms with E-state index in [0.29, 0.717) is 19.5 Å². The molecule has 0 atom stereocenters. The molecule has 0 spiro atoms. The van der Waals surface area contributed by atoms with Gasteiger partial charge < -0.3 is 25.3 Å². The van der Waals surface area contributed by atoms with Crippen molar-refractivity contribution in [3.8, 4) is 0 Å². The molecule has 0 fully saturated rings. The number of carboxylic acid groups (broad SMARTS) is 2. The first kappa shape index (κ1) is 23.8. The molecule has 0 aliphatic heterocycles. The van der Waals surface area contributed by atoms with Gasteiger partial charge >= 0.3 is 11.9 Å². The number of benzene rings is 1. The number of rotatable bonds is 8. The molecule has 2 aromatic rings. The number of carboxylic acids is 2. The average Bonchev–Trinajstić information content (AvgIpc) is 3.15. The summed E-state index contributed by atoms with van der Waals surface area (Å²) in [6.07, 6.45) is 2.19. The fourth-order valence-corrected chi connectivity index (χ4v) is 2.48. The van der Waals surface area contributed by atoms with Crippen molar-refractivity contribution in [3.63, 3.8) is 0 Å². The largest absolute Gasteiger partial charge is 0.473 e. The second kappa shape index (κ2) is 11.6. The summed E-state index contributed by atoms with van der Waals surface area (Å²) in [6.45, 7) is 1.16. The normalized spacial score (nSPS) is 10.5. The van der Waals surface area contributed by atoms with E-state index in [1.807, 2.05) is 6.07 Å². The lowest BCUT2D eigenvalue weighted by Gasteiger charge is -2.06. The number of hydrogen-bond donors (Lipinski definition) is 5. The lowest BCUT2D eigenvalue weighted by molar-refractivity contribution is -0.159. The standard InChI is InChI=1S/C15H19N3O4S.C2H2O4/c16-23(20,21)14-5-3-12(4-6-14)7-8-18-15(19)11-17-10-13-2-1-9-22-13;3-1(4)2(5)6/h1-6,9,17H,7-8,10-11H2,(H,18,19)(H2,16,20,21);(H,3,4)(H,5,6). The highest BCUT2D eigenvalue weighted by Gasteiger charge is 2.07. The molecule has 0 aliphatic rings. The SMILES string of the molecule is NS(=O)(=O)c1ccc(CCNC(=O)CNCc2ccco2)cc1.O=C(O)C(=O)O. The van der Waals surface area contributed by atoms with Crippen LogP contribution < -0.4 is 15.8 Å². The van der Waals surface area contributed by atoms with Crippen LogP contribution in [0.25, 0.3) is 0 Å². The first-order chi connectivity index (χ1) is 13.6. The lowest BCUT2D eigenvalue weighted by atomic mass is 10.1. The Kier molecular flexibility index (Phi) is 9.51. The first-order valence-electron chi connectivity index (χ1n) is 8.17. The van der Waals surface area contributed by atoms with Crippen LogP contribution in [0.3, 0.4) is 0 Å². The van der Waals surface area contributed by atoms with E-state index in [2.05, 4.69) is 10.6 Å². The third-order valence-electron chi connectivity index (χ3n) is 3.34. The van der Waals surface area contributed by atoms with E-state index in [4.69, 9.17) is 29.4 Å². The maximum atomic E-state index is 11.6. The number of nitrogens with one attached hydrogen (secondary N) is 2. The molecule has 29 heavy (non-hydrogen) atoms. The number of aliphatic carboxylic acids is 2. The van der Waals surface area contributed by atoms with Gasteiger partial charge in [0.2, 0.25) is 15.9 Å². The maximum Gasteiger partial charge on any atom is 0.414 e. The van der Waals surface area contributed by atoms with Gasteiger partial charge in [0.1, 0.15) is 5.76 Å². The van der Waals surface area contributed by atoms with Crippen LogP contribution in [0.15, 0.2) is 52.0 Å². The lowest BCUT2D eigenvalue weighted by Crippen LogP contribution is -2.34. The van der Waals surface area contributed by atoms with Crippen LogP contribution >= 0.6 is 0 Å². The van der Waals surface area contributed by atoms with E-state index in [0.717, 1.165) is 11.3 Å². The van der Waals surface area contributed by atoms with E-state index in [1.165, 1.54) is 12.1 Å². The van der Waals surface area contributed by atoms with Crippen molar-refractivity contribution in [2.75, 3.05) is 13.1 Å². The number of amides is 1. The summed E-state index contributed by atoms with van der Waals surface area (Å²) in [7, 11) is -3.67. The van der Waals surface area contributed by atoms with E-state index < -0.39 is 22.0 Å². The zero-order chi connectivity index (χ0) is 21.9. The molecule has 1 heterocycles. The predicted molar refractivity (Wildman–Crippen MR) is 100 cm³/mol. The number of carbonyl (C=O) groups excluding carboxylic acids is 1. The Morgan fingerprint density at radius 2 is 1.66 bits per heavy atom.